The van der Waals surface area contributed by atoms with E-state index >= 15 is 0 Å². The number of imide groups is 1. The maximum absolute atomic E-state index is 13.0. The SMILES string of the molecule is CC(C)(O)c1cc2nc(C3CCN(Cc4cccc(NC5CCC(=O)NC5=O)c4)CC3)sc2cc1NC(=O)c1ccc(C(F)(F)F)nc1. The van der Waals surface area contributed by atoms with Gasteiger partial charge in [-0.25, -0.2) is 4.98 Å². The number of nitrogens with zero attached hydrogens (tertiary/aromatic N) is 3. The molecule has 48 heavy (non-hydrogen) atoms. The summed E-state index contributed by atoms with van der Waals surface area (Å²) in [6, 6.07) is 12.9. The number of rotatable bonds is 8. The van der Waals surface area contributed by atoms with Gasteiger partial charge in [-0.05, 0) is 88.2 Å². The smallest absolute Gasteiger partial charge is 0.386 e. The second-order valence-corrected chi connectivity index (χ2v) is 13.8. The number of alkyl halides is 3. The number of hydrogen-bond acceptors (Lipinski definition) is 9. The Bertz CT molecular complexity index is 1850. The zero-order valence-corrected chi connectivity index (χ0v) is 27.2. The van der Waals surface area contributed by atoms with Crippen LogP contribution in [0.4, 0.5) is 24.5 Å². The third-order valence-electron chi connectivity index (χ3n) is 8.62. The molecule has 2 fully saturated rings. The summed E-state index contributed by atoms with van der Waals surface area (Å²) in [6.07, 6.45) is -1.15. The van der Waals surface area contributed by atoms with Crippen LogP contribution in [-0.2, 0) is 27.9 Å². The molecule has 10 nitrogen and oxygen atoms in total. The lowest BCUT2D eigenvalue weighted by Crippen LogP contribution is -2.47. The Kier molecular flexibility index (Phi) is 9.25. The van der Waals surface area contributed by atoms with E-state index in [-0.39, 0.29) is 23.3 Å². The number of amides is 3. The van der Waals surface area contributed by atoms with Crippen molar-refractivity contribution in [1.29, 1.82) is 0 Å². The number of benzene rings is 2. The minimum absolute atomic E-state index is 0.0427. The second kappa shape index (κ2) is 13.2. The van der Waals surface area contributed by atoms with Crippen molar-refractivity contribution in [2.75, 3.05) is 23.7 Å². The van der Waals surface area contributed by atoms with Gasteiger partial charge in [-0.3, -0.25) is 29.6 Å². The minimum Gasteiger partial charge on any atom is -0.386 e. The number of anilines is 2. The first-order valence-corrected chi connectivity index (χ1v) is 16.5. The third-order valence-corrected chi connectivity index (χ3v) is 9.80. The number of fused-ring (bicyclic) bond motifs is 1. The fourth-order valence-corrected chi connectivity index (χ4v) is 7.21. The Morgan fingerprint density at radius 3 is 2.52 bits per heavy atom. The quantitative estimate of drug-likeness (QED) is 0.172. The van der Waals surface area contributed by atoms with Gasteiger partial charge in [-0.15, -0.1) is 11.3 Å². The van der Waals surface area contributed by atoms with Gasteiger partial charge >= 0.3 is 6.18 Å². The summed E-state index contributed by atoms with van der Waals surface area (Å²) in [5.74, 6) is -0.955. The number of carbonyl (C=O) groups is 3. The Morgan fingerprint density at radius 2 is 1.85 bits per heavy atom. The predicted molar refractivity (Wildman–Crippen MR) is 176 cm³/mol. The van der Waals surface area contributed by atoms with Crippen molar-refractivity contribution in [3.63, 3.8) is 0 Å². The largest absolute Gasteiger partial charge is 0.433 e. The summed E-state index contributed by atoms with van der Waals surface area (Å²) in [5, 5.41) is 20.2. The van der Waals surface area contributed by atoms with Gasteiger partial charge in [0.2, 0.25) is 11.8 Å². The molecule has 6 rings (SSSR count). The zero-order valence-electron chi connectivity index (χ0n) is 26.4. The maximum atomic E-state index is 13.0. The highest BCUT2D eigenvalue weighted by molar-refractivity contribution is 7.18. The standard InChI is InChI=1S/C34H35F3N6O4S/c1-33(2,47)23-15-26-27(16-25(23)40-30(45)21-6-8-28(38-17-21)34(35,36)37)48-32(41-26)20-10-12-43(13-11-20)18-19-4-3-5-22(14-19)39-24-7-9-29(44)42-31(24)46/h3-6,8,14-17,20,24,39,47H,7,9-13,18H2,1-2H3,(H,40,45)(H,42,44,46). The fraction of sp³-hybridized carbons (Fsp3) is 0.382. The molecule has 2 aliphatic rings. The van der Waals surface area contributed by atoms with E-state index in [1.54, 1.807) is 26.0 Å². The van der Waals surface area contributed by atoms with E-state index in [1.807, 2.05) is 18.2 Å². The molecule has 252 valence electrons. The van der Waals surface area contributed by atoms with Crippen molar-refractivity contribution in [2.24, 2.45) is 0 Å². The summed E-state index contributed by atoms with van der Waals surface area (Å²) in [6.45, 7) is 5.66. The molecule has 14 heteroatoms. The molecule has 4 heterocycles. The number of carbonyl (C=O) groups excluding carboxylic acids is 3. The topological polar surface area (TPSA) is 137 Å². The zero-order chi connectivity index (χ0) is 34.2. The number of pyridine rings is 1. The molecule has 4 aromatic rings. The molecular formula is C34H35F3N6O4S. The van der Waals surface area contributed by atoms with E-state index in [0.29, 0.717) is 29.6 Å². The van der Waals surface area contributed by atoms with Crippen molar-refractivity contribution >= 4 is 50.6 Å². The number of nitrogens with one attached hydrogen (secondary N) is 3. The number of piperidine rings is 2. The Morgan fingerprint density at radius 1 is 1.08 bits per heavy atom. The number of aliphatic hydroxyl groups is 1. The highest BCUT2D eigenvalue weighted by Crippen LogP contribution is 2.39. The van der Waals surface area contributed by atoms with Crippen LogP contribution in [-0.4, -0.2) is 56.8 Å². The number of thiazole rings is 1. The normalized spacial score (nSPS) is 18.2. The van der Waals surface area contributed by atoms with Crippen molar-refractivity contribution in [3.05, 3.63) is 82.1 Å². The van der Waals surface area contributed by atoms with Gasteiger partial charge in [-0.1, -0.05) is 12.1 Å². The van der Waals surface area contributed by atoms with Crippen molar-refractivity contribution in [3.8, 4) is 0 Å². The van der Waals surface area contributed by atoms with Crippen LogP contribution < -0.4 is 16.0 Å². The first kappa shape index (κ1) is 33.5. The maximum Gasteiger partial charge on any atom is 0.433 e. The van der Waals surface area contributed by atoms with E-state index in [2.05, 4.69) is 31.9 Å². The highest BCUT2D eigenvalue weighted by atomic mass is 32.1. The van der Waals surface area contributed by atoms with E-state index < -0.39 is 29.4 Å². The monoisotopic (exact) mass is 680 g/mol. The molecule has 1 unspecified atom stereocenters. The van der Waals surface area contributed by atoms with E-state index in [4.69, 9.17) is 4.98 Å². The number of halogens is 3. The first-order valence-electron chi connectivity index (χ1n) is 15.7. The summed E-state index contributed by atoms with van der Waals surface area (Å²) in [4.78, 5) is 47.3. The molecule has 0 spiro atoms. The van der Waals surface area contributed by atoms with Gasteiger partial charge in [0.15, 0.2) is 0 Å². The summed E-state index contributed by atoms with van der Waals surface area (Å²) >= 11 is 1.53. The van der Waals surface area contributed by atoms with Gasteiger partial charge in [0.25, 0.3) is 5.91 Å². The molecule has 0 saturated carbocycles. The van der Waals surface area contributed by atoms with E-state index in [1.165, 1.54) is 11.3 Å². The summed E-state index contributed by atoms with van der Waals surface area (Å²) in [7, 11) is 0. The average Bonchev–Trinajstić information content (AvgIpc) is 3.45. The number of likely N-dealkylation sites (tertiary alicyclic amines) is 1. The van der Waals surface area contributed by atoms with Crippen LogP contribution >= 0.6 is 11.3 Å². The number of aromatic nitrogens is 2. The molecule has 0 aliphatic carbocycles. The van der Waals surface area contributed by atoms with E-state index in [0.717, 1.165) is 71.8 Å². The van der Waals surface area contributed by atoms with Gasteiger partial charge in [0.1, 0.15) is 11.7 Å². The molecule has 2 aliphatic heterocycles. The van der Waals surface area contributed by atoms with Gasteiger partial charge in [0.05, 0.1) is 26.4 Å². The lowest BCUT2D eigenvalue weighted by atomic mass is 9.95. The molecule has 0 radical (unpaired) electrons. The van der Waals surface area contributed by atoms with Crippen LogP contribution in [0.25, 0.3) is 10.2 Å². The van der Waals surface area contributed by atoms with Gasteiger partial charge in [0, 0.05) is 42.0 Å². The molecule has 3 amide bonds. The molecule has 2 aromatic carbocycles. The van der Waals surface area contributed by atoms with Crippen molar-refractivity contribution < 1.29 is 32.7 Å². The second-order valence-electron chi connectivity index (χ2n) is 12.8. The summed E-state index contributed by atoms with van der Waals surface area (Å²) in [5.41, 5.74) is 0.967. The number of hydrogen-bond donors (Lipinski definition) is 4. The lowest BCUT2D eigenvalue weighted by Gasteiger charge is -2.31. The lowest BCUT2D eigenvalue weighted by molar-refractivity contribution is -0.141. The Labute approximate surface area is 278 Å². The summed E-state index contributed by atoms with van der Waals surface area (Å²) < 4.78 is 39.6. The van der Waals surface area contributed by atoms with Crippen LogP contribution in [0.5, 0.6) is 0 Å². The molecular weight excluding hydrogens is 645 g/mol. The molecule has 2 saturated heterocycles. The first-order chi connectivity index (χ1) is 22.7. The molecule has 0 bridgehead atoms. The van der Waals surface area contributed by atoms with E-state index in [9.17, 15) is 32.7 Å². The van der Waals surface area contributed by atoms with Crippen LogP contribution in [0.15, 0.2) is 54.7 Å². The van der Waals surface area contributed by atoms with Crippen LogP contribution in [0.2, 0.25) is 0 Å². The van der Waals surface area contributed by atoms with Crippen LogP contribution in [0, 0.1) is 0 Å². The van der Waals surface area contributed by atoms with Crippen molar-refractivity contribution in [2.45, 2.75) is 69.8 Å². The van der Waals surface area contributed by atoms with Gasteiger partial charge in [-0.2, -0.15) is 13.2 Å². The average molecular weight is 681 g/mol. The Balaban J connectivity index is 1.11. The Hall–Kier alpha value is -4.40. The molecule has 2 aromatic heterocycles. The third kappa shape index (κ3) is 7.66. The van der Waals surface area contributed by atoms with Crippen molar-refractivity contribution in [1.82, 2.24) is 20.2 Å². The molecule has 4 N–H and O–H groups in total. The fourth-order valence-electron chi connectivity index (χ4n) is 6.05. The van der Waals surface area contributed by atoms with Crippen LogP contribution in [0.3, 0.4) is 0 Å². The highest BCUT2D eigenvalue weighted by Gasteiger charge is 2.33. The predicted octanol–water partition coefficient (Wildman–Crippen LogP) is 5.79. The minimum atomic E-state index is -4.61. The van der Waals surface area contributed by atoms with Crippen LogP contribution in [0.1, 0.15) is 77.6 Å². The van der Waals surface area contributed by atoms with Gasteiger partial charge < -0.3 is 15.7 Å². The molecule has 1 atom stereocenters.